The molecule has 0 rings (SSSR count). The summed E-state index contributed by atoms with van der Waals surface area (Å²) in [6.45, 7) is 10.6. The maximum atomic E-state index is 12.4. The molecule has 0 aromatic heterocycles. The van der Waals surface area contributed by atoms with E-state index in [-0.39, 0.29) is 23.6 Å². The van der Waals surface area contributed by atoms with E-state index in [0.29, 0.717) is 51.9 Å². The third-order valence-electron chi connectivity index (χ3n) is 13.1. The molecule has 4 amide bonds. The summed E-state index contributed by atoms with van der Waals surface area (Å²) in [5.74, 6) is 0.0497. The number of carbonyl (C=O) groups excluding carboxylic acids is 4. The minimum Gasteiger partial charge on any atom is -0.356 e. The summed E-state index contributed by atoms with van der Waals surface area (Å²) in [7, 11) is 0. The van der Waals surface area contributed by atoms with Gasteiger partial charge in [-0.2, -0.15) is 0 Å². The van der Waals surface area contributed by atoms with Crippen LogP contribution in [0.5, 0.6) is 0 Å². The largest absolute Gasteiger partial charge is 0.356 e. The average molecular weight is 988 g/mol. The maximum absolute atomic E-state index is 12.4. The summed E-state index contributed by atoms with van der Waals surface area (Å²) in [4.78, 5) is 49.1. The zero-order valence-electron chi connectivity index (χ0n) is 45.8. The first-order valence-corrected chi connectivity index (χ1v) is 29.6. The molecule has 0 saturated carbocycles. The minimum absolute atomic E-state index is 0.102. The number of amides is 4. The Morgan fingerprint density at radius 3 is 0.971 bits per heavy atom. The highest BCUT2D eigenvalue weighted by Crippen LogP contribution is 2.12. The van der Waals surface area contributed by atoms with Gasteiger partial charge < -0.3 is 43.4 Å². The summed E-state index contributed by atoms with van der Waals surface area (Å²) in [5.41, 5.74) is 12.2. The lowest BCUT2D eigenvalue weighted by atomic mass is 10.1. The standard InChI is InChI=1S/C58H114N8O4/c1-3-5-7-9-11-13-15-17-19-21-23-25-27-29-31-43-55(67)63-49-35-33-41-53(59)57(69)65-51-39-47-61-45-37-38-46-62-48-40-52-66-58(70)54(60)42-34-36-50-64-56(68)44-32-30-28-26-24-22-20-18-16-14-12-10-8-6-4-2/h17-20,53-54,61-62H,3-16,21-52,59-60H2,1-2H3,(H,63,67)(H,64,68)(H,65,69)(H,66,70)/b19-17-,20-18-. The zero-order chi connectivity index (χ0) is 51.1. The highest BCUT2D eigenvalue weighted by molar-refractivity contribution is 5.81. The molecule has 0 aromatic carbocycles. The Morgan fingerprint density at radius 2 is 0.614 bits per heavy atom. The molecule has 0 bridgehead atoms. The van der Waals surface area contributed by atoms with Gasteiger partial charge in [0.25, 0.3) is 0 Å². The van der Waals surface area contributed by atoms with Crippen molar-refractivity contribution in [2.24, 2.45) is 11.5 Å². The van der Waals surface area contributed by atoms with Crippen LogP contribution in [0.1, 0.15) is 258 Å². The van der Waals surface area contributed by atoms with Gasteiger partial charge in [-0.3, -0.25) is 19.2 Å². The molecule has 0 aromatic rings. The van der Waals surface area contributed by atoms with Crippen molar-refractivity contribution in [1.82, 2.24) is 31.9 Å². The number of hydrogen-bond acceptors (Lipinski definition) is 8. The summed E-state index contributed by atoms with van der Waals surface area (Å²) >= 11 is 0. The van der Waals surface area contributed by atoms with E-state index in [1.165, 1.54) is 141 Å². The highest BCUT2D eigenvalue weighted by Gasteiger charge is 2.13. The first kappa shape index (κ1) is 67.2. The Balaban J connectivity index is 3.49. The molecular formula is C58H114N8O4. The quantitative estimate of drug-likeness (QED) is 0.0218. The molecule has 2 atom stereocenters. The van der Waals surface area contributed by atoms with E-state index in [1.807, 2.05) is 0 Å². The Kier molecular flexibility index (Phi) is 53.3. The van der Waals surface area contributed by atoms with E-state index in [2.05, 4.69) is 70.1 Å². The average Bonchev–Trinajstić information content (AvgIpc) is 3.35. The smallest absolute Gasteiger partial charge is 0.236 e. The Hall–Kier alpha value is -2.80. The van der Waals surface area contributed by atoms with Crippen LogP contribution in [0.3, 0.4) is 0 Å². The molecule has 0 aliphatic heterocycles. The molecule has 0 aliphatic carbocycles. The number of nitrogens with one attached hydrogen (secondary N) is 6. The van der Waals surface area contributed by atoms with E-state index in [0.717, 1.165) is 103 Å². The molecule has 10 N–H and O–H groups in total. The van der Waals surface area contributed by atoms with Gasteiger partial charge in [0, 0.05) is 39.0 Å². The lowest BCUT2D eigenvalue weighted by molar-refractivity contribution is -0.123. The zero-order valence-corrected chi connectivity index (χ0v) is 45.8. The molecule has 70 heavy (non-hydrogen) atoms. The molecule has 0 fully saturated rings. The fourth-order valence-electron chi connectivity index (χ4n) is 8.45. The summed E-state index contributed by atoms with van der Waals surface area (Å²) < 4.78 is 0. The van der Waals surface area contributed by atoms with Gasteiger partial charge in [0.1, 0.15) is 0 Å². The summed E-state index contributed by atoms with van der Waals surface area (Å²) in [6.07, 6.45) is 51.6. The second kappa shape index (κ2) is 55.5. The van der Waals surface area contributed by atoms with E-state index in [1.54, 1.807) is 0 Å². The van der Waals surface area contributed by atoms with Crippen LogP contribution < -0.4 is 43.4 Å². The van der Waals surface area contributed by atoms with Gasteiger partial charge in [-0.25, -0.2) is 0 Å². The van der Waals surface area contributed by atoms with E-state index >= 15 is 0 Å². The monoisotopic (exact) mass is 987 g/mol. The van der Waals surface area contributed by atoms with Crippen LogP contribution in [0.25, 0.3) is 0 Å². The molecular weight excluding hydrogens is 873 g/mol. The SMILES string of the molecule is CCCCCCCC/C=C\CCCCCCCC(=O)NCCCCC(N)C(=O)NCCCNCCCCNCCCNC(=O)C(N)CCCCNC(=O)CCCCCCC/C=C\CCCCCCCC. The number of unbranched alkanes of at least 4 members (excludes halogenated alkanes) is 25. The fourth-order valence-corrected chi connectivity index (χ4v) is 8.45. The molecule has 0 saturated heterocycles. The topological polar surface area (TPSA) is 192 Å². The summed E-state index contributed by atoms with van der Waals surface area (Å²) in [5, 5.41) is 18.8. The molecule has 12 heteroatoms. The Labute approximate surface area is 431 Å². The normalized spacial score (nSPS) is 12.5. The molecule has 0 radical (unpaired) electrons. The van der Waals surface area contributed by atoms with Gasteiger partial charge in [0.15, 0.2) is 0 Å². The molecule has 0 spiro atoms. The lowest BCUT2D eigenvalue weighted by Gasteiger charge is -2.13. The third kappa shape index (κ3) is 51.6. The van der Waals surface area contributed by atoms with Crippen LogP contribution >= 0.6 is 0 Å². The number of hydrogen-bond donors (Lipinski definition) is 8. The Morgan fingerprint density at radius 1 is 0.329 bits per heavy atom. The van der Waals surface area contributed by atoms with E-state index in [4.69, 9.17) is 11.5 Å². The molecule has 12 nitrogen and oxygen atoms in total. The van der Waals surface area contributed by atoms with Gasteiger partial charge in [0.05, 0.1) is 12.1 Å². The number of nitrogens with two attached hydrogens (primary N) is 2. The van der Waals surface area contributed by atoms with E-state index in [9.17, 15) is 19.2 Å². The number of rotatable bonds is 55. The van der Waals surface area contributed by atoms with Crippen molar-refractivity contribution < 1.29 is 19.2 Å². The predicted octanol–water partition coefficient (Wildman–Crippen LogP) is 11.3. The molecule has 410 valence electrons. The van der Waals surface area contributed by atoms with Crippen LogP contribution in [0.4, 0.5) is 0 Å². The van der Waals surface area contributed by atoms with Crippen molar-refractivity contribution in [3.05, 3.63) is 24.3 Å². The molecule has 0 aliphatic rings. The summed E-state index contributed by atoms with van der Waals surface area (Å²) in [6, 6.07) is -1.03. The van der Waals surface area contributed by atoms with Crippen LogP contribution in [-0.4, -0.2) is 88.1 Å². The Bertz CT molecular complexity index is 1140. The second-order valence-corrected chi connectivity index (χ2v) is 20.1. The number of allylic oxidation sites excluding steroid dienone is 4. The maximum Gasteiger partial charge on any atom is 0.236 e. The molecule has 2 unspecified atom stereocenters. The van der Waals surface area contributed by atoms with Gasteiger partial charge >= 0.3 is 0 Å². The van der Waals surface area contributed by atoms with Crippen molar-refractivity contribution in [1.29, 1.82) is 0 Å². The lowest BCUT2D eigenvalue weighted by Crippen LogP contribution is -2.41. The van der Waals surface area contributed by atoms with Gasteiger partial charge in [-0.15, -0.1) is 0 Å². The van der Waals surface area contributed by atoms with Crippen LogP contribution in [0.15, 0.2) is 24.3 Å². The fraction of sp³-hybridized carbons (Fsp3) is 0.862. The highest BCUT2D eigenvalue weighted by atomic mass is 16.2. The van der Waals surface area contributed by atoms with Gasteiger partial charge in [-0.1, -0.05) is 141 Å². The minimum atomic E-state index is -0.513. The van der Waals surface area contributed by atoms with Gasteiger partial charge in [0.2, 0.25) is 23.6 Å². The van der Waals surface area contributed by atoms with Crippen LogP contribution in [0.2, 0.25) is 0 Å². The predicted molar refractivity (Wildman–Crippen MR) is 299 cm³/mol. The number of carbonyl (C=O) groups is 4. The molecule has 0 heterocycles. The van der Waals surface area contributed by atoms with E-state index < -0.39 is 12.1 Å². The second-order valence-electron chi connectivity index (χ2n) is 20.1. The van der Waals surface area contributed by atoms with Crippen molar-refractivity contribution >= 4 is 23.6 Å². The third-order valence-corrected chi connectivity index (χ3v) is 13.1. The van der Waals surface area contributed by atoms with Crippen molar-refractivity contribution in [2.75, 3.05) is 52.4 Å². The first-order valence-electron chi connectivity index (χ1n) is 29.6. The van der Waals surface area contributed by atoms with Crippen LogP contribution in [-0.2, 0) is 19.2 Å². The van der Waals surface area contributed by atoms with Crippen molar-refractivity contribution in [2.45, 2.75) is 270 Å². The van der Waals surface area contributed by atoms with Crippen molar-refractivity contribution in [3.63, 3.8) is 0 Å². The van der Waals surface area contributed by atoms with Crippen molar-refractivity contribution in [3.8, 4) is 0 Å². The first-order chi connectivity index (χ1) is 34.3. The van der Waals surface area contributed by atoms with Gasteiger partial charge in [-0.05, 0) is 155 Å². The van der Waals surface area contributed by atoms with Crippen LogP contribution in [0, 0.1) is 0 Å².